The molecule has 21 heavy (non-hydrogen) atoms. The molecule has 1 fully saturated rings. The SMILES string of the molecule is CCCN1CCCC2c3c(OC)cc(CC)cc3OCC21. The predicted molar refractivity (Wildman–Crippen MR) is 85.5 cm³/mol. The van der Waals surface area contributed by atoms with Crippen molar-refractivity contribution in [3.63, 3.8) is 0 Å². The summed E-state index contributed by atoms with van der Waals surface area (Å²) in [5.41, 5.74) is 2.61. The van der Waals surface area contributed by atoms with Gasteiger partial charge in [0.15, 0.2) is 0 Å². The molecule has 3 heteroatoms. The van der Waals surface area contributed by atoms with Crippen LogP contribution in [0.4, 0.5) is 0 Å². The fourth-order valence-electron chi connectivity index (χ4n) is 3.94. The molecule has 2 heterocycles. The molecule has 2 aliphatic rings. The number of likely N-dealkylation sites (tertiary alicyclic amines) is 1. The molecule has 2 aliphatic heterocycles. The Balaban J connectivity index is 1.98. The highest BCUT2D eigenvalue weighted by Crippen LogP contribution is 2.46. The summed E-state index contributed by atoms with van der Waals surface area (Å²) in [5.74, 6) is 2.65. The molecule has 116 valence electrons. The Morgan fingerprint density at radius 1 is 1.33 bits per heavy atom. The zero-order valence-corrected chi connectivity index (χ0v) is 13.5. The van der Waals surface area contributed by atoms with Crippen LogP contribution in [0.25, 0.3) is 0 Å². The molecule has 1 aromatic rings. The number of hydrogen-bond donors (Lipinski definition) is 0. The van der Waals surface area contributed by atoms with E-state index in [0.29, 0.717) is 12.0 Å². The summed E-state index contributed by atoms with van der Waals surface area (Å²) in [6.07, 6.45) is 4.76. The predicted octanol–water partition coefficient (Wildman–Crippen LogP) is 3.61. The highest BCUT2D eigenvalue weighted by atomic mass is 16.5. The van der Waals surface area contributed by atoms with Gasteiger partial charge in [-0.25, -0.2) is 0 Å². The van der Waals surface area contributed by atoms with Crippen molar-refractivity contribution in [3.8, 4) is 11.5 Å². The molecule has 0 radical (unpaired) electrons. The standard InChI is InChI=1S/C18H27NO2/c1-4-8-19-9-6-7-14-15(19)12-21-17-11-13(5-2)10-16(20-3)18(14)17/h10-11,14-15H,4-9,12H2,1-3H3. The van der Waals surface area contributed by atoms with Crippen LogP contribution in [0.5, 0.6) is 11.5 Å². The second-order valence-electron chi connectivity index (χ2n) is 6.23. The average molecular weight is 289 g/mol. The van der Waals surface area contributed by atoms with Gasteiger partial charge in [0.2, 0.25) is 0 Å². The van der Waals surface area contributed by atoms with Crippen molar-refractivity contribution in [2.45, 2.75) is 51.5 Å². The number of nitrogens with zero attached hydrogens (tertiary/aromatic N) is 1. The summed E-state index contributed by atoms with van der Waals surface area (Å²) in [7, 11) is 1.78. The summed E-state index contributed by atoms with van der Waals surface area (Å²) in [5, 5.41) is 0. The highest BCUT2D eigenvalue weighted by molar-refractivity contribution is 5.52. The first-order valence-corrected chi connectivity index (χ1v) is 8.36. The van der Waals surface area contributed by atoms with E-state index >= 15 is 0 Å². The monoisotopic (exact) mass is 289 g/mol. The molecule has 0 aliphatic carbocycles. The minimum absolute atomic E-state index is 0.521. The summed E-state index contributed by atoms with van der Waals surface area (Å²) in [4.78, 5) is 2.62. The number of ether oxygens (including phenoxy) is 2. The van der Waals surface area contributed by atoms with Gasteiger partial charge in [0.1, 0.15) is 18.1 Å². The molecular formula is C18H27NO2. The van der Waals surface area contributed by atoms with Gasteiger partial charge in [0.25, 0.3) is 0 Å². The van der Waals surface area contributed by atoms with Gasteiger partial charge in [-0.2, -0.15) is 0 Å². The van der Waals surface area contributed by atoms with Crippen molar-refractivity contribution in [1.82, 2.24) is 4.90 Å². The molecule has 0 spiro atoms. The third-order valence-electron chi connectivity index (χ3n) is 4.98. The molecule has 0 saturated carbocycles. The van der Waals surface area contributed by atoms with Gasteiger partial charge < -0.3 is 9.47 Å². The van der Waals surface area contributed by atoms with Crippen LogP contribution in [0.15, 0.2) is 12.1 Å². The maximum Gasteiger partial charge on any atom is 0.126 e. The Hall–Kier alpha value is -1.22. The summed E-state index contributed by atoms with van der Waals surface area (Å²) in [6.45, 7) is 7.65. The molecule has 3 rings (SSSR count). The zero-order valence-electron chi connectivity index (χ0n) is 13.5. The Labute approximate surface area is 128 Å². The molecule has 0 amide bonds. The Bertz CT molecular complexity index is 481. The molecule has 3 nitrogen and oxygen atoms in total. The molecule has 2 atom stereocenters. The lowest BCUT2D eigenvalue weighted by Crippen LogP contribution is -2.49. The molecule has 0 bridgehead atoms. The maximum absolute atomic E-state index is 6.13. The van der Waals surface area contributed by atoms with Gasteiger partial charge in [-0.3, -0.25) is 4.90 Å². The summed E-state index contributed by atoms with van der Waals surface area (Å²) < 4.78 is 11.8. The Kier molecular flexibility index (Phi) is 4.39. The zero-order chi connectivity index (χ0) is 14.8. The van der Waals surface area contributed by atoms with Gasteiger partial charge in [-0.1, -0.05) is 13.8 Å². The lowest BCUT2D eigenvalue weighted by atomic mass is 9.80. The van der Waals surface area contributed by atoms with Crippen LogP contribution >= 0.6 is 0 Å². The Morgan fingerprint density at radius 3 is 2.90 bits per heavy atom. The lowest BCUT2D eigenvalue weighted by Gasteiger charge is -2.44. The molecular weight excluding hydrogens is 262 g/mol. The van der Waals surface area contributed by atoms with E-state index in [1.165, 1.54) is 43.5 Å². The number of benzene rings is 1. The van der Waals surface area contributed by atoms with Gasteiger partial charge in [-0.05, 0) is 56.5 Å². The maximum atomic E-state index is 6.13. The van der Waals surface area contributed by atoms with Crippen molar-refractivity contribution in [2.75, 3.05) is 26.8 Å². The van der Waals surface area contributed by atoms with Crippen LogP contribution in [-0.4, -0.2) is 37.7 Å². The third-order valence-corrected chi connectivity index (χ3v) is 4.98. The third kappa shape index (κ3) is 2.64. The number of piperidine rings is 1. The van der Waals surface area contributed by atoms with E-state index in [2.05, 4.69) is 30.9 Å². The largest absolute Gasteiger partial charge is 0.496 e. The Morgan fingerprint density at radius 2 is 2.19 bits per heavy atom. The first-order chi connectivity index (χ1) is 10.3. The average Bonchev–Trinajstić information content (AvgIpc) is 2.53. The van der Waals surface area contributed by atoms with E-state index in [4.69, 9.17) is 9.47 Å². The van der Waals surface area contributed by atoms with Crippen LogP contribution in [0.2, 0.25) is 0 Å². The van der Waals surface area contributed by atoms with Crippen LogP contribution in [0, 0.1) is 0 Å². The summed E-state index contributed by atoms with van der Waals surface area (Å²) in [6, 6.07) is 4.93. The second-order valence-corrected chi connectivity index (χ2v) is 6.23. The van der Waals surface area contributed by atoms with Crippen molar-refractivity contribution in [1.29, 1.82) is 0 Å². The van der Waals surface area contributed by atoms with Crippen LogP contribution < -0.4 is 9.47 Å². The highest BCUT2D eigenvalue weighted by Gasteiger charge is 2.39. The van der Waals surface area contributed by atoms with Gasteiger partial charge in [0, 0.05) is 11.5 Å². The topological polar surface area (TPSA) is 21.7 Å². The second kappa shape index (κ2) is 6.27. The molecule has 1 saturated heterocycles. The molecule has 0 N–H and O–H groups in total. The smallest absolute Gasteiger partial charge is 0.126 e. The van der Waals surface area contributed by atoms with Crippen molar-refractivity contribution in [3.05, 3.63) is 23.3 Å². The number of methoxy groups -OCH3 is 1. The molecule has 2 unspecified atom stereocenters. The number of hydrogen-bond acceptors (Lipinski definition) is 3. The number of fused-ring (bicyclic) bond motifs is 3. The quantitative estimate of drug-likeness (QED) is 0.845. The normalized spacial score (nSPS) is 24.9. The van der Waals surface area contributed by atoms with E-state index < -0.39 is 0 Å². The lowest BCUT2D eigenvalue weighted by molar-refractivity contribution is 0.0645. The minimum atomic E-state index is 0.521. The number of rotatable bonds is 4. The molecule has 0 aromatic heterocycles. The van der Waals surface area contributed by atoms with E-state index in [0.717, 1.165) is 24.5 Å². The van der Waals surface area contributed by atoms with Crippen molar-refractivity contribution < 1.29 is 9.47 Å². The van der Waals surface area contributed by atoms with Crippen molar-refractivity contribution in [2.24, 2.45) is 0 Å². The summed E-state index contributed by atoms with van der Waals surface area (Å²) >= 11 is 0. The van der Waals surface area contributed by atoms with Gasteiger partial charge in [-0.15, -0.1) is 0 Å². The van der Waals surface area contributed by atoms with Gasteiger partial charge in [0.05, 0.1) is 13.2 Å². The van der Waals surface area contributed by atoms with E-state index in [-0.39, 0.29) is 0 Å². The number of aryl methyl sites for hydroxylation is 1. The fraction of sp³-hybridized carbons (Fsp3) is 0.667. The van der Waals surface area contributed by atoms with Crippen LogP contribution in [0.1, 0.15) is 50.2 Å². The van der Waals surface area contributed by atoms with Crippen LogP contribution in [-0.2, 0) is 6.42 Å². The first-order valence-electron chi connectivity index (χ1n) is 8.36. The van der Waals surface area contributed by atoms with E-state index in [1.54, 1.807) is 7.11 Å². The first kappa shape index (κ1) is 14.7. The van der Waals surface area contributed by atoms with E-state index in [9.17, 15) is 0 Å². The minimum Gasteiger partial charge on any atom is -0.496 e. The van der Waals surface area contributed by atoms with Crippen molar-refractivity contribution >= 4 is 0 Å². The van der Waals surface area contributed by atoms with E-state index in [1.807, 2.05) is 0 Å². The van der Waals surface area contributed by atoms with Gasteiger partial charge >= 0.3 is 0 Å². The fourth-order valence-corrected chi connectivity index (χ4v) is 3.94. The molecule has 1 aromatic carbocycles. The van der Waals surface area contributed by atoms with Crippen LogP contribution in [0.3, 0.4) is 0 Å².